The fourth-order valence-corrected chi connectivity index (χ4v) is 2.80. The molecular weight excluding hydrogens is 244 g/mol. The van der Waals surface area contributed by atoms with Crippen LogP contribution in [0.15, 0.2) is 11.1 Å². The monoisotopic (exact) mass is 266 g/mol. The van der Waals surface area contributed by atoms with Crippen LogP contribution < -0.4 is 5.32 Å². The quantitative estimate of drug-likeness (QED) is 0.744. The molecule has 2 aliphatic rings. The summed E-state index contributed by atoms with van der Waals surface area (Å²) in [7, 11) is 0. The maximum atomic E-state index is 12.4. The summed E-state index contributed by atoms with van der Waals surface area (Å²) in [5.41, 5.74) is 1.14. The van der Waals surface area contributed by atoms with Crippen molar-refractivity contribution in [2.75, 3.05) is 26.2 Å². The summed E-state index contributed by atoms with van der Waals surface area (Å²) >= 11 is 0. The second kappa shape index (κ2) is 4.96. The van der Waals surface area contributed by atoms with Crippen molar-refractivity contribution >= 4 is 11.9 Å². The predicted molar refractivity (Wildman–Crippen MR) is 71.7 cm³/mol. The summed E-state index contributed by atoms with van der Waals surface area (Å²) in [5, 5.41) is 12.6. The highest BCUT2D eigenvalue weighted by Gasteiger charge is 2.48. The summed E-state index contributed by atoms with van der Waals surface area (Å²) in [6.07, 6.45) is 0.548. The molecule has 2 saturated heterocycles. The van der Waals surface area contributed by atoms with E-state index in [0.717, 1.165) is 24.2 Å². The Labute approximate surface area is 113 Å². The number of carboxylic acid groups (broad SMARTS) is 1. The van der Waals surface area contributed by atoms with E-state index in [1.807, 2.05) is 20.8 Å². The molecule has 2 rings (SSSR count). The van der Waals surface area contributed by atoms with E-state index in [-0.39, 0.29) is 11.8 Å². The third-order valence-corrected chi connectivity index (χ3v) is 4.65. The zero-order valence-corrected chi connectivity index (χ0v) is 11.8. The molecule has 2 aliphatic heterocycles. The molecule has 1 atom stereocenters. The Morgan fingerprint density at radius 1 is 1.37 bits per heavy atom. The van der Waals surface area contributed by atoms with Gasteiger partial charge in [-0.25, -0.2) is 0 Å². The number of nitrogens with one attached hydrogen (secondary N) is 1. The molecule has 0 bridgehead atoms. The van der Waals surface area contributed by atoms with Crippen LogP contribution in [-0.2, 0) is 9.59 Å². The largest absolute Gasteiger partial charge is 0.481 e. The lowest BCUT2D eigenvalue weighted by Crippen LogP contribution is -2.42. The molecule has 2 fully saturated rings. The van der Waals surface area contributed by atoms with Crippen molar-refractivity contribution in [1.82, 2.24) is 10.2 Å². The Kier molecular flexibility index (Phi) is 3.67. The average molecular weight is 266 g/mol. The van der Waals surface area contributed by atoms with Crippen LogP contribution in [0.1, 0.15) is 27.2 Å². The van der Waals surface area contributed by atoms with E-state index in [4.69, 9.17) is 0 Å². The molecule has 5 nitrogen and oxygen atoms in total. The number of carbonyl (C=O) groups excluding carboxylic acids is 1. The SMILES string of the molecule is CC(C(=O)N1CCC(C(=O)O)(C(C)C)C1)=C1CNC1. The lowest BCUT2D eigenvalue weighted by Gasteiger charge is -2.29. The molecule has 0 aromatic carbocycles. The number of rotatable bonds is 3. The van der Waals surface area contributed by atoms with Crippen LogP contribution in [0.5, 0.6) is 0 Å². The molecular formula is C14H22N2O3. The van der Waals surface area contributed by atoms with Gasteiger partial charge in [0.05, 0.1) is 5.41 Å². The standard InChI is InChI=1S/C14H22N2O3/c1-9(2)14(13(18)19)4-5-16(8-14)12(17)10(3)11-6-15-7-11/h9,15H,4-8H2,1-3H3,(H,18,19). The van der Waals surface area contributed by atoms with Gasteiger partial charge in [-0.2, -0.15) is 0 Å². The van der Waals surface area contributed by atoms with Gasteiger partial charge in [-0.15, -0.1) is 0 Å². The third kappa shape index (κ3) is 2.27. The van der Waals surface area contributed by atoms with Gasteiger partial charge in [0, 0.05) is 31.8 Å². The van der Waals surface area contributed by atoms with Crippen molar-refractivity contribution < 1.29 is 14.7 Å². The van der Waals surface area contributed by atoms with Gasteiger partial charge in [0.1, 0.15) is 0 Å². The van der Waals surface area contributed by atoms with Crippen LogP contribution in [0.25, 0.3) is 0 Å². The summed E-state index contributed by atoms with van der Waals surface area (Å²) < 4.78 is 0. The molecule has 2 heterocycles. The molecule has 0 aliphatic carbocycles. The Hall–Kier alpha value is -1.36. The molecule has 2 N–H and O–H groups in total. The van der Waals surface area contributed by atoms with Crippen molar-refractivity contribution in [3.8, 4) is 0 Å². The number of aliphatic carboxylic acids is 1. The summed E-state index contributed by atoms with van der Waals surface area (Å²) in [5.74, 6) is -0.755. The number of carbonyl (C=O) groups is 2. The minimum Gasteiger partial charge on any atom is -0.481 e. The van der Waals surface area contributed by atoms with Gasteiger partial charge >= 0.3 is 5.97 Å². The highest BCUT2D eigenvalue weighted by Crippen LogP contribution is 2.38. The number of nitrogens with zero attached hydrogens (tertiary/aromatic N) is 1. The maximum absolute atomic E-state index is 12.4. The zero-order chi connectivity index (χ0) is 14.2. The second-order valence-electron chi connectivity index (χ2n) is 5.92. The number of hydrogen-bond donors (Lipinski definition) is 2. The van der Waals surface area contributed by atoms with Gasteiger partial charge in [0.2, 0.25) is 5.91 Å². The van der Waals surface area contributed by atoms with Crippen molar-refractivity contribution in [2.45, 2.75) is 27.2 Å². The fraction of sp³-hybridized carbons (Fsp3) is 0.714. The van der Waals surface area contributed by atoms with Crippen LogP contribution in [0.3, 0.4) is 0 Å². The van der Waals surface area contributed by atoms with Gasteiger partial charge in [-0.1, -0.05) is 13.8 Å². The number of amides is 1. The molecule has 0 saturated carbocycles. The van der Waals surface area contributed by atoms with Gasteiger partial charge < -0.3 is 15.3 Å². The van der Waals surface area contributed by atoms with Crippen LogP contribution in [0.4, 0.5) is 0 Å². The van der Waals surface area contributed by atoms with Crippen LogP contribution in [0, 0.1) is 11.3 Å². The van der Waals surface area contributed by atoms with Crippen molar-refractivity contribution in [3.63, 3.8) is 0 Å². The van der Waals surface area contributed by atoms with Crippen LogP contribution in [0.2, 0.25) is 0 Å². The van der Waals surface area contributed by atoms with Gasteiger partial charge in [0.15, 0.2) is 0 Å². The topological polar surface area (TPSA) is 69.6 Å². The Bertz CT molecular complexity index is 436. The van der Waals surface area contributed by atoms with Crippen molar-refractivity contribution in [2.24, 2.45) is 11.3 Å². The lowest BCUT2D eigenvalue weighted by atomic mass is 9.76. The average Bonchev–Trinajstić information content (AvgIpc) is 2.71. The minimum atomic E-state index is -0.784. The van der Waals surface area contributed by atoms with E-state index >= 15 is 0 Å². The highest BCUT2D eigenvalue weighted by atomic mass is 16.4. The first-order chi connectivity index (χ1) is 8.88. The molecule has 1 unspecified atom stereocenters. The van der Waals surface area contributed by atoms with E-state index in [0.29, 0.717) is 19.5 Å². The van der Waals surface area contributed by atoms with Crippen molar-refractivity contribution in [1.29, 1.82) is 0 Å². The van der Waals surface area contributed by atoms with Gasteiger partial charge in [0.25, 0.3) is 0 Å². The van der Waals surface area contributed by atoms with E-state index in [1.165, 1.54) is 0 Å². The Balaban J connectivity index is 2.13. The first kappa shape index (κ1) is 14.1. The molecule has 0 aromatic heterocycles. The summed E-state index contributed by atoms with van der Waals surface area (Å²) in [4.78, 5) is 25.6. The molecule has 106 valence electrons. The number of likely N-dealkylation sites (tertiary alicyclic amines) is 1. The highest BCUT2D eigenvalue weighted by molar-refractivity contribution is 5.95. The number of carboxylic acids is 1. The first-order valence-electron chi connectivity index (χ1n) is 6.80. The molecule has 5 heteroatoms. The first-order valence-corrected chi connectivity index (χ1v) is 6.80. The molecule has 0 spiro atoms. The fourth-order valence-electron chi connectivity index (χ4n) is 2.80. The molecule has 0 radical (unpaired) electrons. The third-order valence-electron chi connectivity index (χ3n) is 4.65. The molecule has 19 heavy (non-hydrogen) atoms. The van der Waals surface area contributed by atoms with E-state index in [2.05, 4.69) is 5.32 Å². The molecule has 0 aromatic rings. The smallest absolute Gasteiger partial charge is 0.311 e. The van der Waals surface area contributed by atoms with E-state index in [1.54, 1.807) is 4.90 Å². The zero-order valence-electron chi connectivity index (χ0n) is 11.8. The normalized spacial score (nSPS) is 26.5. The van der Waals surface area contributed by atoms with Crippen molar-refractivity contribution in [3.05, 3.63) is 11.1 Å². The van der Waals surface area contributed by atoms with Gasteiger partial charge in [-0.3, -0.25) is 9.59 Å². The number of hydrogen-bond acceptors (Lipinski definition) is 3. The van der Waals surface area contributed by atoms with E-state index < -0.39 is 11.4 Å². The van der Waals surface area contributed by atoms with Crippen LogP contribution >= 0.6 is 0 Å². The predicted octanol–water partition coefficient (Wildman–Crippen LogP) is 0.865. The Morgan fingerprint density at radius 3 is 2.37 bits per heavy atom. The molecule has 1 amide bonds. The lowest BCUT2D eigenvalue weighted by molar-refractivity contribution is -0.151. The van der Waals surface area contributed by atoms with E-state index in [9.17, 15) is 14.7 Å². The van der Waals surface area contributed by atoms with Gasteiger partial charge in [-0.05, 0) is 24.8 Å². The summed E-state index contributed by atoms with van der Waals surface area (Å²) in [6, 6.07) is 0. The second-order valence-corrected chi connectivity index (χ2v) is 5.92. The summed E-state index contributed by atoms with van der Waals surface area (Å²) in [6.45, 7) is 8.11. The Morgan fingerprint density at radius 2 is 2.00 bits per heavy atom. The minimum absolute atomic E-state index is 0.000255. The van der Waals surface area contributed by atoms with Crippen LogP contribution in [-0.4, -0.2) is 48.1 Å². The maximum Gasteiger partial charge on any atom is 0.311 e.